The first-order valence-corrected chi connectivity index (χ1v) is 10.1. The van der Waals surface area contributed by atoms with Crippen LogP contribution in [-0.4, -0.2) is 60.7 Å². The third kappa shape index (κ3) is 7.20. The molecule has 2 aliphatic heterocycles. The van der Waals surface area contributed by atoms with Gasteiger partial charge in [-0.15, -0.1) is 0 Å². The maximum atomic E-state index is 11.6. The number of hydrogen-bond acceptors (Lipinski definition) is 4. The number of piperidine rings is 2. The van der Waals surface area contributed by atoms with Crippen LogP contribution in [0.4, 0.5) is 13.2 Å². The first-order valence-electron chi connectivity index (χ1n) is 10.1. The number of likely N-dealkylation sites (tertiary alicyclic amines) is 1. The molecule has 0 aromatic carbocycles. The first kappa shape index (κ1) is 22.9. The second kappa shape index (κ2) is 10.4. The Morgan fingerprint density at radius 3 is 2.29 bits per heavy atom. The molecule has 28 heavy (non-hydrogen) atoms. The average molecular weight is 404 g/mol. The summed E-state index contributed by atoms with van der Waals surface area (Å²) in [6.45, 7) is 8.34. The zero-order valence-corrected chi connectivity index (χ0v) is 16.4. The zero-order valence-electron chi connectivity index (χ0n) is 16.4. The number of ketones is 1. The molecule has 0 radical (unpaired) electrons. The molecular weight excluding hydrogens is 373 g/mol. The molecule has 0 aromatic heterocycles. The molecule has 1 aliphatic carbocycles. The van der Waals surface area contributed by atoms with Gasteiger partial charge in [-0.2, -0.15) is 13.2 Å². The van der Waals surface area contributed by atoms with E-state index >= 15 is 0 Å². The largest absolute Gasteiger partial charge is 0.490 e. The SMILES string of the molecule is CC1CC(C2CCN(CC3CCNCC3)CC2)=CCC1=O.O=C(O)C(F)(F)F. The molecule has 160 valence electrons. The van der Waals surface area contributed by atoms with Crippen LogP contribution in [0.25, 0.3) is 0 Å². The van der Waals surface area contributed by atoms with Gasteiger partial charge in [-0.05, 0) is 70.1 Å². The quantitative estimate of drug-likeness (QED) is 0.707. The minimum Gasteiger partial charge on any atom is -0.475 e. The highest BCUT2D eigenvalue weighted by Gasteiger charge is 2.38. The highest BCUT2D eigenvalue weighted by atomic mass is 19.4. The summed E-state index contributed by atoms with van der Waals surface area (Å²) in [7, 11) is 0. The van der Waals surface area contributed by atoms with Crippen molar-refractivity contribution in [2.75, 3.05) is 32.7 Å². The van der Waals surface area contributed by atoms with Crippen LogP contribution < -0.4 is 5.32 Å². The normalized spacial score (nSPS) is 25.6. The van der Waals surface area contributed by atoms with Crippen LogP contribution in [0.15, 0.2) is 11.6 Å². The second-order valence-electron chi connectivity index (χ2n) is 8.13. The lowest BCUT2D eigenvalue weighted by atomic mass is 9.79. The summed E-state index contributed by atoms with van der Waals surface area (Å²) in [6.07, 6.45) is 4.18. The number of nitrogens with one attached hydrogen (secondary N) is 1. The molecule has 0 bridgehead atoms. The summed E-state index contributed by atoms with van der Waals surface area (Å²) in [5.74, 6) is -0.397. The Kier molecular flexibility index (Phi) is 8.49. The Morgan fingerprint density at radius 1 is 1.21 bits per heavy atom. The summed E-state index contributed by atoms with van der Waals surface area (Å²) < 4.78 is 31.7. The average Bonchev–Trinajstić information content (AvgIpc) is 2.65. The number of hydrogen-bond donors (Lipinski definition) is 2. The highest BCUT2D eigenvalue weighted by Crippen LogP contribution is 2.33. The number of carbonyl (C=O) groups is 2. The fourth-order valence-corrected chi connectivity index (χ4v) is 4.23. The van der Waals surface area contributed by atoms with Gasteiger partial charge in [-0.25, -0.2) is 4.79 Å². The van der Waals surface area contributed by atoms with Gasteiger partial charge < -0.3 is 15.3 Å². The number of halogens is 3. The summed E-state index contributed by atoms with van der Waals surface area (Å²) in [5, 5.41) is 10.6. The summed E-state index contributed by atoms with van der Waals surface area (Å²) in [6, 6.07) is 0. The molecule has 0 amide bonds. The second-order valence-corrected chi connectivity index (χ2v) is 8.13. The van der Waals surface area contributed by atoms with Crippen molar-refractivity contribution in [3.05, 3.63) is 11.6 Å². The molecule has 2 saturated heterocycles. The van der Waals surface area contributed by atoms with Gasteiger partial charge in [0, 0.05) is 18.9 Å². The van der Waals surface area contributed by atoms with Crippen molar-refractivity contribution in [3.8, 4) is 0 Å². The van der Waals surface area contributed by atoms with Gasteiger partial charge in [-0.3, -0.25) is 4.79 Å². The van der Waals surface area contributed by atoms with Gasteiger partial charge in [0.25, 0.3) is 0 Å². The molecular formula is C20H31F3N2O3. The molecule has 2 N–H and O–H groups in total. The van der Waals surface area contributed by atoms with Crippen LogP contribution in [0.1, 0.15) is 45.4 Å². The van der Waals surface area contributed by atoms with Crippen molar-refractivity contribution in [1.29, 1.82) is 0 Å². The van der Waals surface area contributed by atoms with Crippen molar-refractivity contribution < 1.29 is 27.9 Å². The number of nitrogens with zero attached hydrogens (tertiary/aromatic N) is 1. The molecule has 1 unspecified atom stereocenters. The number of rotatable bonds is 3. The molecule has 0 spiro atoms. The van der Waals surface area contributed by atoms with Crippen LogP contribution in [0.2, 0.25) is 0 Å². The minimum absolute atomic E-state index is 0.262. The monoisotopic (exact) mass is 404 g/mol. The standard InChI is InChI=1S/C18H30N2O.C2HF3O2/c1-14-12-17(2-3-18(14)21)16-6-10-20(11-7-16)13-15-4-8-19-9-5-15;3-2(4,5)1(6)7/h2,14-16,19H,3-13H2,1H3;(H,6,7). The van der Waals surface area contributed by atoms with E-state index in [1.807, 2.05) is 0 Å². The highest BCUT2D eigenvalue weighted by molar-refractivity contribution is 5.83. The molecule has 3 rings (SSSR count). The Bertz CT molecular complexity index is 564. The van der Waals surface area contributed by atoms with E-state index in [1.54, 1.807) is 5.57 Å². The van der Waals surface area contributed by atoms with E-state index in [4.69, 9.17) is 9.90 Å². The van der Waals surface area contributed by atoms with E-state index in [-0.39, 0.29) is 5.92 Å². The lowest BCUT2D eigenvalue weighted by Gasteiger charge is -2.37. The number of allylic oxidation sites excluding steroid dienone is 2. The van der Waals surface area contributed by atoms with Crippen LogP contribution in [0.3, 0.4) is 0 Å². The predicted octanol–water partition coefficient (Wildman–Crippen LogP) is 3.26. The van der Waals surface area contributed by atoms with Gasteiger partial charge in [0.05, 0.1) is 0 Å². The van der Waals surface area contributed by atoms with Crippen LogP contribution in [0, 0.1) is 17.8 Å². The summed E-state index contributed by atoms with van der Waals surface area (Å²) in [5.41, 5.74) is 1.59. The first-order chi connectivity index (χ1) is 13.2. The van der Waals surface area contributed by atoms with E-state index in [2.05, 4.69) is 23.2 Å². The number of aliphatic carboxylic acids is 1. The predicted molar refractivity (Wildman–Crippen MR) is 99.9 cm³/mol. The Balaban J connectivity index is 0.000000345. The van der Waals surface area contributed by atoms with Gasteiger partial charge in [0.15, 0.2) is 0 Å². The van der Waals surface area contributed by atoms with Crippen molar-refractivity contribution in [2.24, 2.45) is 17.8 Å². The Labute approximate surface area is 164 Å². The number of carboxylic acid groups (broad SMARTS) is 1. The molecule has 1 atom stereocenters. The molecule has 5 nitrogen and oxygen atoms in total. The molecule has 3 aliphatic rings. The fraction of sp³-hybridized carbons (Fsp3) is 0.800. The van der Waals surface area contributed by atoms with E-state index < -0.39 is 12.1 Å². The lowest BCUT2D eigenvalue weighted by Crippen LogP contribution is -2.40. The molecule has 2 heterocycles. The minimum atomic E-state index is -5.08. The molecule has 2 fully saturated rings. The van der Waals surface area contributed by atoms with Crippen molar-refractivity contribution in [2.45, 2.75) is 51.6 Å². The van der Waals surface area contributed by atoms with Crippen LogP contribution in [0.5, 0.6) is 0 Å². The fourth-order valence-electron chi connectivity index (χ4n) is 4.23. The van der Waals surface area contributed by atoms with Crippen molar-refractivity contribution >= 4 is 11.8 Å². The number of alkyl halides is 3. The van der Waals surface area contributed by atoms with E-state index in [1.165, 1.54) is 58.4 Å². The van der Waals surface area contributed by atoms with Crippen molar-refractivity contribution in [1.82, 2.24) is 10.2 Å². The van der Waals surface area contributed by atoms with Gasteiger partial charge in [-0.1, -0.05) is 18.6 Å². The van der Waals surface area contributed by atoms with E-state index in [9.17, 15) is 18.0 Å². The van der Waals surface area contributed by atoms with Crippen LogP contribution in [-0.2, 0) is 9.59 Å². The Morgan fingerprint density at radius 2 is 1.79 bits per heavy atom. The van der Waals surface area contributed by atoms with Crippen molar-refractivity contribution in [3.63, 3.8) is 0 Å². The Hall–Kier alpha value is -1.41. The smallest absolute Gasteiger partial charge is 0.475 e. The third-order valence-corrected chi connectivity index (χ3v) is 5.99. The topological polar surface area (TPSA) is 69.6 Å². The van der Waals surface area contributed by atoms with Gasteiger partial charge in [0.2, 0.25) is 0 Å². The maximum absolute atomic E-state index is 11.6. The lowest BCUT2D eigenvalue weighted by molar-refractivity contribution is -0.192. The third-order valence-electron chi connectivity index (χ3n) is 5.99. The summed E-state index contributed by atoms with van der Waals surface area (Å²) in [4.78, 5) is 23.2. The van der Waals surface area contributed by atoms with Gasteiger partial charge in [0.1, 0.15) is 5.78 Å². The summed E-state index contributed by atoms with van der Waals surface area (Å²) >= 11 is 0. The van der Waals surface area contributed by atoms with Crippen LogP contribution >= 0.6 is 0 Å². The molecule has 0 saturated carbocycles. The maximum Gasteiger partial charge on any atom is 0.490 e. The zero-order chi connectivity index (χ0) is 20.7. The van der Waals surface area contributed by atoms with E-state index in [0.717, 1.165) is 18.3 Å². The number of Topliss-reactive ketones (excluding diaryl/α,β-unsaturated/α-hetero) is 1. The van der Waals surface area contributed by atoms with E-state index in [0.29, 0.717) is 12.2 Å². The number of carbonyl (C=O) groups excluding carboxylic acids is 1. The molecule has 8 heteroatoms. The van der Waals surface area contributed by atoms with Gasteiger partial charge >= 0.3 is 12.1 Å². The number of carboxylic acids is 1. The molecule has 0 aromatic rings.